The molecule has 0 aromatic heterocycles. The first kappa shape index (κ1) is 19.3. The van der Waals surface area contributed by atoms with Gasteiger partial charge in [0.05, 0.1) is 25.2 Å². The van der Waals surface area contributed by atoms with Crippen LogP contribution >= 0.6 is 0 Å². The number of aliphatic imine (C=N–C) groups is 1. The molecule has 1 saturated heterocycles. The molecule has 0 bridgehead atoms. The molecule has 3 rings (SSSR count). The second kappa shape index (κ2) is 6.95. The largest absolute Gasteiger partial charge is 0.464 e. The summed E-state index contributed by atoms with van der Waals surface area (Å²) in [6.45, 7) is 4.32. The number of amidine groups is 1. The minimum Gasteiger partial charge on any atom is -0.464 e. The molecule has 0 spiro atoms. The van der Waals surface area contributed by atoms with Gasteiger partial charge in [-0.25, -0.2) is 23.9 Å². The van der Waals surface area contributed by atoms with Gasteiger partial charge in [-0.1, -0.05) is 0 Å². The Kier molecular flexibility index (Phi) is 4.98. The van der Waals surface area contributed by atoms with Gasteiger partial charge in [0.2, 0.25) is 0 Å². The Labute approximate surface area is 155 Å². The number of nitrogens with zero attached hydrogens (tertiary/aromatic N) is 1. The summed E-state index contributed by atoms with van der Waals surface area (Å²) in [5.74, 6) is -1.11. The molecule has 0 saturated carbocycles. The lowest BCUT2D eigenvalue weighted by Gasteiger charge is -2.36. The molecule has 0 radical (unpaired) electrons. The van der Waals surface area contributed by atoms with E-state index in [1.807, 2.05) is 0 Å². The summed E-state index contributed by atoms with van der Waals surface area (Å²) < 4.78 is 44.2. The topological polar surface area (TPSA) is 95.2 Å². The van der Waals surface area contributed by atoms with Crippen LogP contribution in [-0.2, 0) is 19.7 Å². The average molecular weight is 383 g/mol. The number of nitrogens with two attached hydrogens (primary N) is 1. The number of amides is 1. The van der Waals surface area contributed by atoms with E-state index in [1.54, 1.807) is 20.8 Å². The number of carbonyl (C=O) groups excluding carboxylic acids is 1. The third-order valence-electron chi connectivity index (χ3n) is 4.50. The molecule has 0 unspecified atom stereocenters. The van der Waals surface area contributed by atoms with Crippen molar-refractivity contribution in [2.45, 2.75) is 38.0 Å². The number of benzene rings is 1. The molecule has 27 heavy (non-hydrogen) atoms. The van der Waals surface area contributed by atoms with E-state index < -0.39 is 41.7 Å². The van der Waals surface area contributed by atoms with Crippen LogP contribution in [0, 0.1) is 11.7 Å². The van der Waals surface area contributed by atoms with Crippen LogP contribution < -0.4 is 11.1 Å². The highest BCUT2D eigenvalue weighted by molar-refractivity contribution is 5.91. The highest BCUT2D eigenvalue weighted by Crippen LogP contribution is 2.46. The van der Waals surface area contributed by atoms with Gasteiger partial charge in [-0.3, -0.25) is 0 Å². The molecule has 2 heterocycles. The van der Waals surface area contributed by atoms with E-state index in [0.29, 0.717) is 5.69 Å². The summed E-state index contributed by atoms with van der Waals surface area (Å²) in [5, 5.41) is 2.41. The number of hydrogen-bond donors (Lipinski definition) is 2. The van der Waals surface area contributed by atoms with Gasteiger partial charge in [-0.15, -0.1) is 0 Å². The number of alkyl halides is 1. The van der Waals surface area contributed by atoms with Gasteiger partial charge >= 0.3 is 6.09 Å². The molecular formula is C18H23F2N3O4. The Bertz CT molecular complexity index is 765. The van der Waals surface area contributed by atoms with Gasteiger partial charge in [0.15, 0.2) is 0 Å². The Morgan fingerprint density at radius 2 is 2.22 bits per heavy atom. The van der Waals surface area contributed by atoms with Crippen molar-refractivity contribution in [3.8, 4) is 0 Å². The van der Waals surface area contributed by atoms with Crippen LogP contribution in [0.25, 0.3) is 0 Å². The summed E-state index contributed by atoms with van der Waals surface area (Å²) in [6, 6.07) is 3.97. The number of carbonyl (C=O) groups is 1. The second-order valence-electron chi connectivity index (χ2n) is 7.63. The summed E-state index contributed by atoms with van der Waals surface area (Å²) in [4.78, 5) is 16.4. The summed E-state index contributed by atoms with van der Waals surface area (Å²) >= 11 is 0. The normalized spacial score (nSPS) is 27.4. The first-order valence-corrected chi connectivity index (χ1v) is 8.60. The van der Waals surface area contributed by atoms with E-state index in [4.69, 9.17) is 19.9 Å². The van der Waals surface area contributed by atoms with E-state index in [-0.39, 0.29) is 24.8 Å². The quantitative estimate of drug-likeness (QED) is 0.765. The van der Waals surface area contributed by atoms with Gasteiger partial charge in [0, 0.05) is 11.3 Å². The lowest BCUT2D eigenvalue weighted by atomic mass is 9.78. The van der Waals surface area contributed by atoms with Crippen molar-refractivity contribution in [1.82, 2.24) is 5.32 Å². The lowest BCUT2D eigenvalue weighted by molar-refractivity contribution is 0.0466. The maximum absolute atomic E-state index is 14.6. The molecule has 9 heteroatoms. The van der Waals surface area contributed by atoms with Crippen LogP contribution in [-0.4, -0.2) is 43.7 Å². The summed E-state index contributed by atoms with van der Waals surface area (Å²) in [5.41, 5.74) is 4.37. The standard InChI is InChI=1S/C18H23F2N3O4/c1-17(2,3)27-16(24)22-15-23-18(11-6-10(21)4-5-13(11)20)9-26-14(7-19)12(18)8-25-15/h4-6,12,14H,7-9,21H2,1-3H3,(H,22,23,24)/t12-,14-,18-/m1/s1. The number of alkyl carbamates (subject to hydrolysis) is 1. The first-order valence-electron chi connectivity index (χ1n) is 8.60. The van der Waals surface area contributed by atoms with Crippen molar-refractivity contribution in [2.24, 2.45) is 10.9 Å². The number of halogens is 2. The van der Waals surface area contributed by atoms with Crippen molar-refractivity contribution >= 4 is 17.8 Å². The maximum Gasteiger partial charge on any atom is 0.415 e. The van der Waals surface area contributed by atoms with Crippen LogP contribution in [0.5, 0.6) is 0 Å². The van der Waals surface area contributed by atoms with Crippen molar-refractivity contribution in [3.63, 3.8) is 0 Å². The highest BCUT2D eigenvalue weighted by Gasteiger charge is 2.55. The number of rotatable bonds is 2. The Morgan fingerprint density at radius 3 is 2.89 bits per heavy atom. The minimum absolute atomic E-state index is 0.00252. The predicted molar refractivity (Wildman–Crippen MR) is 94.5 cm³/mol. The van der Waals surface area contributed by atoms with Crippen LogP contribution in [0.15, 0.2) is 23.2 Å². The van der Waals surface area contributed by atoms with Crippen LogP contribution in [0.1, 0.15) is 26.3 Å². The van der Waals surface area contributed by atoms with Crippen LogP contribution in [0.2, 0.25) is 0 Å². The van der Waals surface area contributed by atoms with E-state index >= 15 is 0 Å². The molecule has 1 fully saturated rings. The number of ether oxygens (including phenoxy) is 3. The maximum atomic E-state index is 14.6. The molecule has 148 valence electrons. The Balaban J connectivity index is 1.98. The molecule has 7 nitrogen and oxygen atoms in total. The van der Waals surface area contributed by atoms with E-state index in [9.17, 15) is 13.6 Å². The molecule has 3 atom stereocenters. The van der Waals surface area contributed by atoms with Gasteiger partial charge in [-0.2, -0.15) is 0 Å². The molecule has 2 aliphatic heterocycles. The summed E-state index contributed by atoms with van der Waals surface area (Å²) in [6.07, 6.45) is -1.55. The fourth-order valence-electron chi connectivity index (χ4n) is 3.33. The zero-order valence-electron chi connectivity index (χ0n) is 15.4. The van der Waals surface area contributed by atoms with Crippen LogP contribution in [0.4, 0.5) is 19.3 Å². The van der Waals surface area contributed by atoms with Gasteiger partial charge in [0.1, 0.15) is 23.6 Å². The Hall–Kier alpha value is -2.42. The van der Waals surface area contributed by atoms with Crippen molar-refractivity contribution in [3.05, 3.63) is 29.6 Å². The zero-order chi connectivity index (χ0) is 19.8. The first-order chi connectivity index (χ1) is 12.6. The van der Waals surface area contributed by atoms with Crippen molar-refractivity contribution in [1.29, 1.82) is 0 Å². The zero-order valence-corrected chi connectivity index (χ0v) is 15.4. The smallest absolute Gasteiger partial charge is 0.415 e. The van der Waals surface area contributed by atoms with Gasteiger partial charge < -0.3 is 19.9 Å². The lowest BCUT2D eigenvalue weighted by Crippen LogP contribution is -2.48. The number of hydrogen-bond acceptors (Lipinski definition) is 6. The highest BCUT2D eigenvalue weighted by atomic mass is 19.1. The fraction of sp³-hybridized carbons (Fsp3) is 0.556. The van der Waals surface area contributed by atoms with E-state index in [2.05, 4.69) is 10.3 Å². The third kappa shape index (κ3) is 3.83. The number of fused-ring (bicyclic) bond motifs is 1. The Morgan fingerprint density at radius 1 is 1.48 bits per heavy atom. The molecule has 1 aromatic carbocycles. The number of nitrogen functional groups attached to an aromatic ring is 1. The van der Waals surface area contributed by atoms with E-state index in [0.717, 1.165) is 0 Å². The molecule has 1 aromatic rings. The monoisotopic (exact) mass is 383 g/mol. The number of anilines is 1. The molecule has 3 N–H and O–H groups in total. The van der Waals surface area contributed by atoms with Gasteiger partial charge in [-0.05, 0) is 39.0 Å². The molecule has 1 amide bonds. The fourth-order valence-corrected chi connectivity index (χ4v) is 3.33. The summed E-state index contributed by atoms with van der Waals surface area (Å²) in [7, 11) is 0. The van der Waals surface area contributed by atoms with Crippen molar-refractivity contribution < 1.29 is 27.8 Å². The predicted octanol–water partition coefficient (Wildman–Crippen LogP) is 2.50. The third-order valence-corrected chi connectivity index (χ3v) is 4.50. The SMILES string of the molecule is CC(C)(C)OC(=O)NC1=N[C@@]2(c3cc(N)ccc3F)CO[C@H](CF)[C@H]2CO1. The number of nitrogens with one attached hydrogen (secondary N) is 1. The van der Waals surface area contributed by atoms with E-state index in [1.165, 1.54) is 18.2 Å². The minimum atomic E-state index is -1.25. The molecular weight excluding hydrogens is 360 g/mol. The van der Waals surface area contributed by atoms with Gasteiger partial charge in [0.25, 0.3) is 6.02 Å². The second-order valence-corrected chi connectivity index (χ2v) is 7.63. The average Bonchev–Trinajstić information content (AvgIpc) is 2.94. The molecule has 0 aliphatic carbocycles. The van der Waals surface area contributed by atoms with Crippen LogP contribution in [0.3, 0.4) is 0 Å². The van der Waals surface area contributed by atoms with Crippen molar-refractivity contribution in [2.75, 3.05) is 25.6 Å². The molecule has 2 aliphatic rings.